The van der Waals surface area contributed by atoms with Crippen molar-refractivity contribution in [2.45, 2.75) is 84.7 Å². The van der Waals surface area contributed by atoms with E-state index < -0.39 is 5.60 Å². The van der Waals surface area contributed by atoms with Crippen LogP contribution in [-0.4, -0.2) is 17.3 Å². The lowest BCUT2D eigenvalue weighted by molar-refractivity contribution is -0.173. The normalized spacial score (nSPS) is 41.7. The number of nitrogens with two attached hydrogens (primary N) is 1. The zero-order valence-corrected chi connectivity index (χ0v) is 14.7. The summed E-state index contributed by atoms with van der Waals surface area (Å²) in [6.45, 7) is 9.91. The van der Waals surface area contributed by atoms with Crippen LogP contribution in [0.3, 0.4) is 0 Å². The lowest BCUT2D eigenvalue weighted by Gasteiger charge is -2.57. The quantitative estimate of drug-likeness (QED) is 0.809. The first-order chi connectivity index (χ1) is 9.86. The van der Waals surface area contributed by atoms with Gasteiger partial charge >= 0.3 is 0 Å². The Morgan fingerprint density at radius 3 is 2.05 bits per heavy atom. The molecule has 2 aliphatic rings. The molecule has 0 aromatic carbocycles. The highest BCUT2D eigenvalue weighted by atomic mass is 16.3. The summed E-state index contributed by atoms with van der Waals surface area (Å²) < 4.78 is 0. The van der Waals surface area contributed by atoms with Crippen molar-refractivity contribution in [3.8, 4) is 0 Å². The van der Waals surface area contributed by atoms with Gasteiger partial charge in [-0.1, -0.05) is 40.5 Å². The van der Waals surface area contributed by atoms with E-state index >= 15 is 0 Å². The van der Waals surface area contributed by atoms with Crippen LogP contribution in [0.25, 0.3) is 0 Å². The summed E-state index contributed by atoms with van der Waals surface area (Å²) in [6, 6.07) is 0. The maximum absolute atomic E-state index is 11.7. The number of rotatable bonds is 4. The van der Waals surface area contributed by atoms with Crippen molar-refractivity contribution in [1.29, 1.82) is 0 Å². The molecule has 0 bridgehead atoms. The van der Waals surface area contributed by atoms with Crippen molar-refractivity contribution in [2.75, 3.05) is 6.54 Å². The molecule has 2 heteroatoms. The van der Waals surface area contributed by atoms with Crippen LogP contribution >= 0.6 is 0 Å². The van der Waals surface area contributed by atoms with Gasteiger partial charge in [-0.05, 0) is 62.2 Å². The van der Waals surface area contributed by atoms with Crippen molar-refractivity contribution in [3.63, 3.8) is 0 Å². The van der Waals surface area contributed by atoms with Gasteiger partial charge in [-0.25, -0.2) is 0 Å². The molecule has 0 radical (unpaired) electrons. The number of hydrogen-bond acceptors (Lipinski definition) is 2. The predicted molar refractivity (Wildman–Crippen MR) is 90.0 cm³/mol. The van der Waals surface area contributed by atoms with Gasteiger partial charge in [0, 0.05) is 12.0 Å². The standard InChI is InChI=1S/C19H37NO/c1-14(2)16-8-11-18(13-20,12-9-16)19(21)10-6-5-7-17(19)15(3)4/h14-17,21H,5-13,20H2,1-4H3. The molecule has 21 heavy (non-hydrogen) atoms. The van der Waals surface area contributed by atoms with Crippen molar-refractivity contribution in [1.82, 2.24) is 0 Å². The molecule has 0 amide bonds. The second-order valence-electron chi connectivity index (χ2n) is 8.59. The molecule has 2 rings (SSSR count). The predicted octanol–water partition coefficient (Wildman–Crippen LogP) is 4.36. The van der Waals surface area contributed by atoms with Gasteiger partial charge in [-0.3, -0.25) is 0 Å². The molecular formula is C19H37NO. The third kappa shape index (κ3) is 3.03. The summed E-state index contributed by atoms with van der Waals surface area (Å²) in [7, 11) is 0. The average Bonchev–Trinajstić information content (AvgIpc) is 2.47. The van der Waals surface area contributed by atoms with Gasteiger partial charge in [-0.2, -0.15) is 0 Å². The Bertz CT molecular complexity index is 330. The van der Waals surface area contributed by atoms with Crippen LogP contribution in [0.2, 0.25) is 0 Å². The summed E-state index contributed by atoms with van der Waals surface area (Å²) in [5, 5.41) is 11.7. The highest BCUT2D eigenvalue weighted by Gasteiger charge is 2.55. The first kappa shape index (κ1) is 17.3. The van der Waals surface area contributed by atoms with E-state index in [2.05, 4.69) is 27.7 Å². The Morgan fingerprint density at radius 2 is 1.57 bits per heavy atom. The van der Waals surface area contributed by atoms with Crippen LogP contribution in [0.4, 0.5) is 0 Å². The summed E-state index contributed by atoms with van der Waals surface area (Å²) in [5.41, 5.74) is 5.74. The first-order valence-electron chi connectivity index (χ1n) is 9.29. The SMILES string of the molecule is CC(C)C1CCC(CN)(C2(O)CCCCC2C(C)C)CC1. The largest absolute Gasteiger partial charge is 0.389 e. The maximum Gasteiger partial charge on any atom is 0.0746 e. The zero-order chi connectivity index (χ0) is 15.7. The van der Waals surface area contributed by atoms with Crippen LogP contribution < -0.4 is 5.73 Å². The van der Waals surface area contributed by atoms with E-state index in [9.17, 15) is 5.11 Å². The smallest absolute Gasteiger partial charge is 0.0746 e. The van der Waals surface area contributed by atoms with Gasteiger partial charge in [0.25, 0.3) is 0 Å². The minimum atomic E-state index is -0.518. The first-order valence-corrected chi connectivity index (χ1v) is 9.29. The molecule has 0 spiro atoms. The van der Waals surface area contributed by atoms with Crippen LogP contribution in [0, 0.1) is 29.1 Å². The van der Waals surface area contributed by atoms with Crippen molar-refractivity contribution < 1.29 is 5.11 Å². The molecule has 0 aliphatic heterocycles. The Morgan fingerprint density at radius 1 is 0.952 bits per heavy atom. The molecule has 2 fully saturated rings. The Balaban J connectivity index is 2.22. The van der Waals surface area contributed by atoms with Gasteiger partial charge < -0.3 is 10.8 Å². The Labute approximate surface area is 131 Å². The van der Waals surface area contributed by atoms with Crippen molar-refractivity contribution in [2.24, 2.45) is 34.8 Å². The fraction of sp³-hybridized carbons (Fsp3) is 1.00. The second kappa shape index (κ2) is 6.58. The summed E-state index contributed by atoms with van der Waals surface area (Å²) >= 11 is 0. The fourth-order valence-corrected chi connectivity index (χ4v) is 5.40. The average molecular weight is 296 g/mol. The molecule has 124 valence electrons. The highest BCUT2D eigenvalue weighted by molar-refractivity contribution is 5.07. The molecule has 2 nitrogen and oxygen atoms in total. The summed E-state index contributed by atoms with van der Waals surface area (Å²) in [5.74, 6) is 2.59. The van der Waals surface area contributed by atoms with Gasteiger partial charge in [0.05, 0.1) is 5.60 Å². The third-order valence-corrected chi connectivity index (χ3v) is 6.98. The van der Waals surface area contributed by atoms with E-state index in [0.29, 0.717) is 18.4 Å². The van der Waals surface area contributed by atoms with Crippen molar-refractivity contribution in [3.05, 3.63) is 0 Å². The molecule has 0 aromatic heterocycles. The van der Waals surface area contributed by atoms with E-state index in [1.54, 1.807) is 0 Å². The minimum Gasteiger partial charge on any atom is -0.389 e. The van der Waals surface area contributed by atoms with Crippen molar-refractivity contribution >= 4 is 0 Å². The van der Waals surface area contributed by atoms with Crippen LogP contribution in [0.5, 0.6) is 0 Å². The van der Waals surface area contributed by atoms with Crippen LogP contribution in [0.1, 0.15) is 79.1 Å². The van der Waals surface area contributed by atoms with Gasteiger partial charge in [-0.15, -0.1) is 0 Å². The van der Waals surface area contributed by atoms with Crippen LogP contribution in [-0.2, 0) is 0 Å². The molecule has 2 unspecified atom stereocenters. The Hall–Kier alpha value is -0.0800. The van der Waals surface area contributed by atoms with E-state index in [0.717, 1.165) is 31.1 Å². The number of aliphatic hydroxyl groups is 1. The summed E-state index contributed by atoms with van der Waals surface area (Å²) in [6.07, 6.45) is 9.38. The lowest BCUT2D eigenvalue weighted by atomic mass is 9.52. The highest BCUT2D eigenvalue weighted by Crippen LogP contribution is 2.55. The van der Waals surface area contributed by atoms with Gasteiger partial charge in [0.15, 0.2) is 0 Å². The second-order valence-corrected chi connectivity index (χ2v) is 8.59. The maximum atomic E-state index is 11.7. The van der Waals surface area contributed by atoms with Gasteiger partial charge in [0.1, 0.15) is 0 Å². The topological polar surface area (TPSA) is 46.2 Å². The molecule has 2 atom stereocenters. The number of hydrogen-bond donors (Lipinski definition) is 2. The third-order valence-electron chi connectivity index (χ3n) is 6.98. The van der Waals surface area contributed by atoms with E-state index in [1.165, 1.54) is 32.1 Å². The van der Waals surface area contributed by atoms with Gasteiger partial charge in [0.2, 0.25) is 0 Å². The minimum absolute atomic E-state index is 0.0201. The van der Waals surface area contributed by atoms with E-state index in [4.69, 9.17) is 5.73 Å². The molecule has 0 aromatic rings. The molecule has 0 heterocycles. The molecular weight excluding hydrogens is 258 g/mol. The molecule has 2 saturated carbocycles. The zero-order valence-electron chi connectivity index (χ0n) is 14.7. The molecule has 0 saturated heterocycles. The van der Waals surface area contributed by atoms with Crippen LogP contribution in [0.15, 0.2) is 0 Å². The van der Waals surface area contributed by atoms with E-state index in [1.807, 2.05) is 0 Å². The summed E-state index contributed by atoms with van der Waals surface area (Å²) in [4.78, 5) is 0. The monoisotopic (exact) mass is 295 g/mol. The lowest BCUT2D eigenvalue weighted by Crippen LogP contribution is -2.60. The molecule has 2 aliphatic carbocycles. The fourth-order valence-electron chi connectivity index (χ4n) is 5.40. The van der Waals surface area contributed by atoms with E-state index in [-0.39, 0.29) is 5.41 Å². The Kier molecular flexibility index (Phi) is 5.41. The molecule has 3 N–H and O–H groups in total.